The fourth-order valence-electron chi connectivity index (χ4n) is 7.09. The van der Waals surface area contributed by atoms with Crippen molar-refractivity contribution in [3.63, 3.8) is 0 Å². The Labute approximate surface area is 243 Å². The van der Waals surface area contributed by atoms with Crippen molar-refractivity contribution in [3.05, 3.63) is 71.4 Å². The molecule has 0 atom stereocenters. The first-order valence-electron chi connectivity index (χ1n) is 15.6. The van der Waals surface area contributed by atoms with Crippen LogP contribution in [0, 0.1) is 5.92 Å². The van der Waals surface area contributed by atoms with E-state index >= 15 is 0 Å². The predicted octanol–water partition coefficient (Wildman–Crippen LogP) is 5.73. The molecule has 0 bridgehead atoms. The van der Waals surface area contributed by atoms with Crippen molar-refractivity contribution in [1.29, 1.82) is 0 Å². The molecule has 0 N–H and O–H groups in total. The Morgan fingerprint density at radius 3 is 2.24 bits per heavy atom. The maximum atomic E-state index is 13.3. The summed E-state index contributed by atoms with van der Waals surface area (Å²) in [4.78, 5) is 30.6. The Morgan fingerprint density at radius 1 is 0.854 bits per heavy atom. The molecule has 0 unspecified atom stereocenters. The van der Waals surface area contributed by atoms with Gasteiger partial charge in [0, 0.05) is 68.1 Å². The second-order valence-corrected chi connectivity index (χ2v) is 11.9. The number of aromatic nitrogens is 1. The molecule has 3 heterocycles. The predicted molar refractivity (Wildman–Crippen MR) is 160 cm³/mol. The molecule has 2 aliphatic heterocycles. The van der Waals surface area contributed by atoms with Gasteiger partial charge in [-0.3, -0.25) is 9.59 Å². The van der Waals surface area contributed by atoms with Gasteiger partial charge in [-0.2, -0.15) is 0 Å². The lowest BCUT2D eigenvalue weighted by Gasteiger charge is -2.33. The maximum absolute atomic E-state index is 13.3. The number of rotatable bonds is 7. The van der Waals surface area contributed by atoms with E-state index < -0.39 is 0 Å². The minimum absolute atomic E-state index is 0.115. The molecule has 6 rings (SSSR count). The minimum atomic E-state index is 0.115. The van der Waals surface area contributed by atoms with E-state index in [4.69, 9.17) is 9.47 Å². The summed E-state index contributed by atoms with van der Waals surface area (Å²) in [6.07, 6.45) is 8.57. The summed E-state index contributed by atoms with van der Waals surface area (Å²) in [7, 11) is 0. The van der Waals surface area contributed by atoms with E-state index in [1.165, 1.54) is 5.56 Å². The molecule has 2 amide bonds. The summed E-state index contributed by atoms with van der Waals surface area (Å²) in [5.74, 6) is 1.38. The van der Waals surface area contributed by atoms with Crippen molar-refractivity contribution >= 4 is 22.7 Å². The Balaban J connectivity index is 1.08. The third-order valence-electron chi connectivity index (χ3n) is 9.48. The number of morpholine rings is 1. The van der Waals surface area contributed by atoms with Crippen LogP contribution in [0.15, 0.2) is 54.7 Å². The topological polar surface area (TPSA) is 64.0 Å². The number of ether oxygens (including phenoxy) is 2. The zero-order chi connectivity index (χ0) is 28.2. The average molecular weight is 558 g/mol. The molecule has 0 radical (unpaired) electrons. The van der Waals surface area contributed by atoms with Crippen LogP contribution in [0.1, 0.15) is 77.6 Å². The normalized spacial score (nSPS) is 22.1. The summed E-state index contributed by atoms with van der Waals surface area (Å²) < 4.78 is 13.3. The van der Waals surface area contributed by atoms with Gasteiger partial charge >= 0.3 is 0 Å². The highest BCUT2D eigenvalue weighted by molar-refractivity contribution is 6.07. The largest absolute Gasteiger partial charge is 0.381 e. The smallest absolute Gasteiger partial charge is 0.256 e. The minimum Gasteiger partial charge on any atom is -0.381 e. The molecule has 3 aliphatic rings. The number of carbonyl (C=O) groups is 2. The maximum Gasteiger partial charge on any atom is 0.256 e. The highest BCUT2D eigenvalue weighted by Gasteiger charge is 2.28. The number of fused-ring (bicyclic) bond motifs is 1. The molecule has 41 heavy (non-hydrogen) atoms. The fourth-order valence-corrected chi connectivity index (χ4v) is 7.09. The van der Waals surface area contributed by atoms with Gasteiger partial charge in [-0.25, -0.2) is 0 Å². The van der Waals surface area contributed by atoms with E-state index in [2.05, 4.69) is 48.0 Å². The van der Waals surface area contributed by atoms with Gasteiger partial charge < -0.3 is 23.8 Å². The van der Waals surface area contributed by atoms with Crippen LogP contribution in [-0.4, -0.2) is 78.3 Å². The van der Waals surface area contributed by atoms with Crippen LogP contribution >= 0.6 is 0 Å². The van der Waals surface area contributed by atoms with Crippen LogP contribution in [0.4, 0.5) is 0 Å². The van der Waals surface area contributed by atoms with E-state index in [0.717, 1.165) is 86.9 Å². The number of benzene rings is 2. The fraction of sp³-hybridized carbons (Fsp3) is 0.529. The Kier molecular flexibility index (Phi) is 8.73. The van der Waals surface area contributed by atoms with E-state index in [9.17, 15) is 9.59 Å². The summed E-state index contributed by atoms with van der Waals surface area (Å²) in [6.45, 7) is 7.76. The molecular formula is C34H43N3O4. The lowest BCUT2D eigenvalue weighted by atomic mass is 9.78. The number of nitrogens with zero attached hydrogens (tertiary/aromatic N) is 3. The van der Waals surface area contributed by atoms with Gasteiger partial charge in [-0.15, -0.1) is 0 Å². The molecule has 7 nitrogen and oxygen atoms in total. The summed E-state index contributed by atoms with van der Waals surface area (Å²) in [5.41, 5.74) is 4.09. The highest BCUT2D eigenvalue weighted by Crippen LogP contribution is 2.37. The van der Waals surface area contributed by atoms with Crippen molar-refractivity contribution in [2.75, 3.05) is 46.1 Å². The van der Waals surface area contributed by atoms with Crippen molar-refractivity contribution in [2.45, 2.75) is 64.0 Å². The molecule has 1 aliphatic carbocycles. The Morgan fingerprint density at radius 2 is 1.54 bits per heavy atom. The quantitative estimate of drug-likeness (QED) is 0.372. The molecule has 3 aromatic rings. The molecule has 2 aromatic carbocycles. The van der Waals surface area contributed by atoms with Crippen LogP contribution in [0.25, 0.3) is 10.9 Å². The van der Waals surface area contributed by atoms with E-state index in [1.807, 2.05) is 28.0 Å². The second kappa shape index (κ2) is 12.8. The van der Waals surface area contributed by atoms with Gasteiger partial charge in [-0.05, 0) is 81.0 Å². The van der Waals surface area contributed by atoms with Gasteiger partial charge in [0.2, 0.25) is 0 Å². The van der Waals surface area contributed by atoms with Crippen LogP contribution in [-0.2, 0) is 16.0 Å². The molecule has 1 aromatic heterocycles. The third kappa shape index (κ3) is 6.07. The molecule has 1 saturated carbocycles. The monoisotopic (exact) mass is 557 g/mol. The molecule has 2 saturated heterocycles. The van der Waals surface area contributed by atoms with Crippen molar-refractivity contribution in [3.8, 4) is 0 Å². The first-order chi connectivity index (χ1) is 20.1. The van der Waals surface area contributed by atoms with Gasteiger partial charge in [0.1, 0.15) is 0 Å². The Bertz CT molecular complexity index is 1330. The molecule has 3 fully saturated rings. The molecule has 0 spiro atoms. The summed E-state index contributed by atoms with van der Waals surface area (Å²) in [5, 5.41) is 1.05. The SMILES string of the molecule is CCN(C(=O)c1ccc(C2CCC(Cn3cc(C(=O)N4CCOCC4)c4ccccc43)CC2)cc1)C1CCOCC1. The molecular weight excluding hydrogens is 514 g/mol. The number of carbonyl (C=O) groups excluding carboxylic acids is 2. The highest BCUT2D eigenvalue weighted by atomic mass is 16.5. The second-order valence-electron chi connectivity index (χ2n) is 11.9. The van der Waals surface area contributed by atoms with Crippen LogP contribution in [0.5, 0.6) is 0 Å². The van der Waals surface area contributed by atoms with Crippen LogP contribution in [0.2, 0.25) is 0 Å². The van der Waals surface area contributed by atoms with E-state index in [0.29, 0.717) is 38.1 Å². The van der Waals surface area contributed by atoms with Crippen LogP contribution < -0.4 is 0 Å². The average Bonchev–Trinajstić information content (AvgIpc) is 3.40. The van der Waals surface area contributed by atoms with E-state index in [1.54, 1.807) is 0 Å². The van der Waals surface area contributed by atoms with Crippen molar-refractivity contribution < 1.29 is 19.1 Å². The van der Waals surface area contributed by atoms with Gasteiger partial charge in [0.05, 0.1) is 18.8 Å². The zero-order valence-electron chi connectivity index (χ0n) is 24.3. The lowest BCUT2D eigenvalue weighted by Crippen LogP contribution is -2.43. The zero-order valence-corrected chi connectivity index (χ0v) is 24.3. The van der Waals surface area contributed by atoms with Gasteiger partial charge in [0.25, 0.3) is 11.8 Å². The van der Waals surface area contributed by atoms with Crippen molar-refractivity contribution in [1.82, 2.24) is 14.4 Å². The van der Waals surface area contributed by atoms with Gasteiger partial charge in [0.15, 0.2) is 0 Å². The number of para-hydroxylation sites is 1. The molecule has 7 heteroatoms. The standard InChI is InChI=1S/C34H43N3O4/c1-2-37(29-15-19-40-20-16-29)33(38)28-13-11-27(12-14-28)26-9-7-25(8-10-26)23-36-24-31(30-5-3-4-6-32(30)36)34(39)35-17-21-41-22-18-35/h3-6,11-14,24-26,29H,2,7-10,15-23H2,1H3. The van der Waals surface area contributed by atoms with Crippen molar-refractivity contribution in [2.24, 2.45) is 5.92 Å². The number of hydrogen-bond donors (Lipinski definition) is 0. The lowest BCUT2D eigenvalue weighted by molar-refractivity contribution is 0.0301. The first-order valence-corrected chi connectivity index (χ1v) is 15.6. The molecule has 218 valence electrons. The van der Waals surface area contributed by atoms with Gasteiger partial charge in [-0.1, -0.05) is 30.3 Å². The third-order valence-corrected chi connectivity index (χ3v) is 9.48. The number of hydrogen-bond acceptors (Lipinski definition) is 4. The Hall–Kier alpha value is -3.16. The summed E-state index contributed by atoms with van der Waals surface area (Å²) in [6, 6.07) is 17.0. The summed E-state index contributed by atoms with van der Waals surface area (Å²) >= 11 is 0. The van der Waals surface area contributed by atoms with E-state index in [-0.39, 0.29) is 17.9 Å². The van der Waals surface area contributed by atoms with Crippen LogP contribution in [0.3, 0.4) is 0 Å². The number of amides is 2. The first kappa shape index (κ1) is 28.0.